The summed E-state index contributed by atoms with van der Waals surface area (Å²) in [5.74, 6) is 1.23. The van der Waals surface area contributed by atoms with E-state index in [0.29, 0.717) is 5.76 Å². The number of hydrogen-bond acceptors (Lipinski definition) is 2. The quantitative estimate of drug-likeness (QED) is 0.750. The zero-order valence-electron chi connectivity index (χ0n) is 10.4. The van der Waals surface area contributed by atoms with Gasteiger partial charge in [-0.2, -0.15) is 0 Å². The SMILES string of the molecule is CC(=O)c1ccc(Cc2ccc(C)c(C)c2)o1. The summed E-state index contributed by atoms with van der Waals surface area (Å²) in [4.78, 5) is 11.1. The van der Waals surface area contributed by atoms with E-state index in [4.69, 9.17) is 4.42 Å². The van der Waals surface area contributed by atoms with Crippen molar-refractivity contribution in [2.24, 2.45) is 0 Å². The van der Waals surface area contributed by atoms with E-state index in [1.807, 2.05) is 6.07 Å². The van der Waals surface area contributed by atoms with Crippen molar-refractivity contribution in [3.63, 3.8) is 0 Å². The van der Waals surface area contributed by atoms with Gasteiger partial charge < -0.3 is 4.42 Å². The Hall–Kier alpha value is -1.83. The Morgan fingerprint density at radius 2 is 1.88 bits per heavy atom. The van der Waals surface area contributed by atoms with Crippen LogP contribution in [0.15, 0.2) is 34.7 Å². The van der Waals surface area contributed by atoms with Crippen molar-refractivity contribution in [2.75, 3.05) is 0 Å². The van der Waals surface area contributed by atoms with Gasteiger partial charge in [0.25, 0.3) is 0 Å². The van der Waals surface area contributed by atoms with Gasteiger partial charge in [-0.1, -0.05) is 18.2 Å². The maximum Gasteiger partial charge on any atom is 0.194 e. The highest BCUT2D eigenvalue weighted by molar-refractivity contribution is 5.91. The minimum Gasteiger partial charge on any atom is -0.458 e. The highest BCUT2D eigenvalue weighted by atomic mass is 16.3. The lowest BCUT2D eigenvalue weighted by atomic mass is 10.0. The zero-order chi connectivity index (χ0) is 12.4. The fourth-order valence-electron chi connectivity index (χ4n) is 1.78. The van der Waals surface area contributed by atoms with Crippen LogP contribution in [-0.2, 0) is 6.42 Å². The number of hydrogen-bond donors (Lipinski definition) is 0. The molecular formula is C15H16O2. The monoisotopic (exact) mass is 228 g/mol. The van der Waals surface area contributed by atoms with Crippen LogP contribution >= 0.6 is 0 Å². The molecule has 0 spiro atoms. The van der Waals surface area contributed by atoms with E-state index < -0.39 is 0 Å². The summed E-state index contributed by atoms with van der Waals surface area (Å²) in [5, 5.41) is 0. The molecule has 0 amide bonds. The third-order valence-corrected chi connectivity index (χ3v) is 2.96. The van der Waals surface area contributed by atoms with Crippen LogP contribution in [0.2, 0.25) is 0 Å². The van der Waals surface area contributed by atoms with E-state index in [9.17, 15) is 4.79 Å². The van der Waals surface area contributed by atoms with E-state index in [-0.39, 0.29) is 5.78 Å². The highest BCUT2D eigenvalue weighted by Gasteiger charge is 2.07. The Balaban J connectivity index is 2.19. The van der Waals surface area contributed by atoms with Gasteiger partial charge in [-0.15, -0.1) is 0 Å². The van der Waals surface area contributed by atoms with Crippen LogP contribution in [-0.4, -0.2) is 5.78 Å². The molecule has 0 N–H and O–H groups in total. The number of ketones is 1. The van der Waals surface area contributed by atoms with Gasteiger partial charge in [0.15, 0.2) is 11.5 Å². The summed E-state index contributed by atoms with van der Waals surface area (Å²) in [6, 6.07) is 9.97. The van der Waals surface area contributed by atoms with Gasteiger partial charge in [-0.05, 0) is 42.7 Å². The molecular weight excluding hydrogens is 212 g/mol. The van der Waals surface area contributed by atoms with Crippen LogP contribution in [0.4, 0.5) is 0 Å². The zero-order valence-corrected chi connectivity index (χ0v) is 10.4. The summed E-state index contributed by atoms with van der Waals surface area (Å²) >= 11 is 0. The molecule has 2 heteroatoms. The molecule has 0 aliphatic carbocycles. The summed E-state index contributed by atoms with van der Waals surface area (Å²) in [6.45, 7) is 5.71. The third kappa shape index (κ3) is 2.64. The molecule has 0 unspecified atom stereocenters. The average molecular weight is 228 g/mol. The van der Waals surface area contributed by atoms with Gasteiger partial charge in [-0.3, -0.25) is 4.79 Å². The second-order valence-corrected chi connectivity index (χ2v) is 4.42. The molecule has 0 saturated carbocycles. The summed E-state index contributed by atoms with van der Waals surface area (Å²) in [5.41, 5.74) is 3.77. The second-order valence-electron chi connectivity index (χ2n) is 4.42. The van der Waals surface area contributed by atoms with Crippen molar-refractivity contribution in [1.82, 2.24) is 0 Å². The lowest BCUT2D eigenvalue weighted by Gasteiger charge is -2.03. The Morgan fingerprint density at radius 3 is 2.47 bits per heavy atom. The van der Waals surface area contributed by atoms with Crippen LogP contribution in [0.5, 0.6) is 0 Å². The van der Waals surface area contributed by atoms with E-state index >= 15 is 0 Å². The van der Waals surface area contributed by atoms with E-state index in [1.54, 1.807) is 6.07 Å². The molecule has 2 aromatic rings. The van der Waals surface area contributed by atoms with Crippen LogP contribution < -0.4 is 0 Å². The van der Waals surface area contributed by atoms with Gasteiger partial charge in [0.2, 0.25) is 0 Å². The van der Waals surface area contributed by atoms with Crippen molar-refractivity contribution >= 4 is 5.78 Å². The van der Waals surface area contributed by atoms with Crippen LogP contribution in [0.3, 0.4) is 0 Å². The highest BCUT2D eigenvalue weighted by Crippen LogP contribution is 2.16. The molecule has 1 aromatic carbocycles. The summed E-state index contributed by atoms with van der Waals surface area (Å²) < 4.78 is 5.47. The summed E-state index contributed by atoms with van der Waals surface area (Å²) in [7, 11) is 0. The maximum atomic E-state index is 11.1. The molecule has 1 aromatic heterocycles. The molecule has 0 radical (unpaired) electrons. The first-order valence-electron chi connectivity index (χ1n) is 5.72. The summed E-state index contributed by atoms with van der Waals surface area (Å²) in [6.07, 6.45) is 0.731. The van der Waals surface area contributed by atoms with Gasteiger partial charge >= 0.3 is 0 Å². The van der Waals surface area contributed by atoms with Crippen molar-refractivity contribution in [2.45, 2.75) is 27.2 Å². The van der Waals surface area contributed by atoms with Crippen molar-refractivity contribution in [3.05, 3.63) is 58.5 Å². The fraction of sp³-hybridized carbons (Fsp3) is 0.267. The number of carbonyl (C=O) groups excluding carboxylic acids is 1. The molecule has 0 bridgehead atoms. The average Bonchev–Trinajstić information content (AvgIpc) is 2.72. The van der Waals surface area contributed by atoms with Crippen LogP contribution in [0, 0.1) is 13.8 Å². The molecule has 2 rings (SSSR count). The molecule has 0 saturated heterocycles. The smallest absolute Gasteiger partial charge is 0.194 e. The number of aryl methyl sites for hydroxylation is 2. The lowest BCUT2D eigenvalue weighted by Crippen LogP contribution is -1.90. The molecule has 88 valence electrons. The van der Waals surface area contributed by atoms with Crippen molar-refractivity contribution < 1.29 is 9.21 Å². The first kappa shape index (κ1) is 11.6. The van der Waals surface area contributed by atoms with Gasteiger partial charge in [-0.25, -0.2) is 0 Å². The second kappa shape index (κ2) is 4.58. The minimum atomic E-state index is -0.0312. The molecule has 0 aliphatic rings. The number of Topliss-reactive ketones (excluding diaryl/α,β-unsaturated/α-hetero) is 1. The van der Waals surface area contributed by atoms with E-state index in [2.05, 4.69) is 32.0 Å². The number of benzene rings is 1. The van der Waals surface area contributed by atoms with E-state index in [0.717, 1.165) is 12.2 Å². The predicted octanol–water partition coefficient (Wildman–Crippen LogP) is 3.69. The number of rotatable bonds is 3. The number of furan rings is 1. The van der Waals surface area contributed by atoms with Crippen molar-refractivity contribution in [1.29, 1.82) is 0 Å². The van der Waals surface area contributed by atoms with Gasteiger partial charge in [0, 0.05) is 13.3 Å². The molecule has 0 aliphatic heterocycles. The molecule has 1 heterocycles. The fourth-order valence-corrected chi connectivity index (χ4v) is 1.78. The Bertz CT molecular complexity index is 550. The first-order valence-corrected chi connectivity index (χ1v) is 5.72. The largest absolute Gasteiger partial charge is 0.458 e. The molecule has 2 nitrogen and oxygen atoms in total. The molecule has 0 fully saturated rings. The van der Waals surface area contributed by atoms with Crippen LogP contribution in [0.1, 0.15) is 39.9 Å². The van der Waals surface area contributed by atoms with E-state index in [1.165, 1.54) is 23.6 Å². The van der Waals surface area contributed by atoms with Gasteiger partial charge in [0.1, 0.15) is 5.76 Å². The number of carbonyl (C=O) groups is 1. The minimum absolute atomic E-state index is 0.0312. The van der Waals surface area contributed by atoms with Gasteiger partial charge in [0.05, 0.1) is 0 Å². The predicted molar refractivity (Wildman–Crippen MR) is 67.4 cm³/mol. The standard InChI is InChI=1S/C15H16O2/c1-10-4-5-13(8-11(10)2)9-14-6-7-15(17-14)12(3)16/h4-8H,9H2,1-3H3. The Labute approximate surface area is 101 Å². The molecule has 0 atom stereocenters. The third-order valence-electron chi connectivity index (χ3n) is 2.96. The molecule has 17 heavy (non-hydrogen) atoms. The topological polar surface area (TPSA) is 30.2 Å². The van der Waals surface area contributed by atoms with Crippen molar-refractivity contribution in [3.8, 4) is 0 Å². The maximum absolute atomic E-state index is 11.1. The Morgan fingerprint density at radius 1 is 1.12 bits per heavy atom. The first-order chi connectivity index (χ1) is 8.06. The Kier molecular flexibility index (Phi) is 3.14. The van der Waals surface area contributed by atoms with Crippen LogP contribution in [0.25, 0.3) is 0 Å². The normalized spacial score (nSPS) is 10.5. The lowest BCUT2D eigenvalue weighted by molar-refractivity contribution is 0.0985.